The van der Waals surface area contributed by atoms with Crippen molar-refractivity contribution in [1.29, 1.82) is 5.26 Å². The maximum absolute atomic E-state index is 10.2. The third-order valence-electron chi connectivity index (χ3n) is 5.52. The van der Waals surface area contributed by atoms with Crippen LogP contribution in [0.4, 0.5) is 0 Å². The predicted molar refractivity (Wildman–Crippen MR) is 128 cm³/mol. The number of rotatable bonds is 15. The van der Waals surface area contributed by atoms with Gasteiger partial charge in [0.2, 0.25) is 0 Å². The SMILES string of the molecule is COc1ccc(CCNC(Oc2ccc(OCCOCC3CC3)cc2C#N)C(C)O)cc1OC. The lowest BCUT2D eigenvalue weighted by Crippen LogP contribution is -2.44. The Bertz CT molecular complexity index is 955. The van der Waals surface area contributed by atoms with Crippen molar-refractivity contribution in [3.05, 3.63) is 47.5 Å². The van der Waals surface area contributed by atoms with Crippen LogP contribution in [-0.4, -0.2) is 58.0 Å². The second-order valence-electron chi connectivity index (χ2n) is 8.31. The predicted octanol–water partition coefficient (Wildman–Crippen LogP) is 3.30. The molecule has 1 saturated carbocycles. The quantitative estimate of drug-likeness (QED) is 0.302. The highest BCUT2D eigenvalue weighted by molar-refractivity contribution is 5.47. The van der Waals surface area contributed by atoms with Gasteiger partial charge in [-0.2, -0.15) is 5.26 Å². The van der Waals surface area contributed by atoms with Crippen LogP contribution < -0.4 is 24.3 Å². The van der Waals surface area contributed by atoms with Crippen molar-refractivity contribution in [3.63, 3.8) is 0 Å². The lowest BCUT2D eigenvalue weighted by atomic mass is 10.1. The summed E-state index contributed by atoms with van der Waals surface area (Å²) >= 11 is 0. The maximum atomic E-state index is 10.2. The molecular weight excluding hydrogens is 436 g/mol. The van der Waals surface area contributed by atoms with E-state index in [9.17, 15) is 10.4 Å². The molecular formula is C26H34N2O6. The highest BCUT2D eigenvalue weighted by atomic mass is 16.5. The largest absolute Gasteiger partial charge is 0.493 e. The molecule has 2 unspecified atom stereocenters. The number of ether oxygens (including phenoxy) is 5. The van der Waals surface area contributed by atoms with Gasteiger partial charge in [-0.05, 0) is 61.9 Å². The van der Waals surface area contributed by atoms with Gasteiger partial charge in [-0.15, -0.1) is 0 Å². The van der Waals surface area contributed by atoms with Gasteiger partial charge in [0.05, 0.1) is 26.4 Å². The molecule has 0 spiro atoms. The monoisotopic (exact) mass is 470 g/mol. The number of nitrogens with one attached hydrogen (secondary N) is 1. The minimum absolute atomic E-state index is 0.337. The summed E-state index contributed by atoms with van der Waals surface area (Å²) in [6.07, 6.45) is 1.72. The third-order valence-corrected chi connectivity index (χ3v) is 5.52. The summed E-state index contributed by atoms with van der Waals surface area (Å²) in [5, 5.41) is 23.0. The van der Waals surface area contributed by atoms with Crippen LogP contribution in [0.1, 0.15) is 30.9 Å². The third kappa shape index (κ3) is 7.80. The van der Waals surface area contributed by atoms with Crippen molar-refractivity contribution in [3.8, 4) is 29.1 Å². The van der Waals surface area contributed by atoms with E-state index in [0.717, 1.165) is 18.1 Å². The second-order valence-corrected chi connectivity index (χ2v) is 8.31. The van der Waals surface area contributed by atoms with Crippen LogP contribution in [0.15, 0.2) is 36.4 Å². The Morgan fingerprint density at radius 1 is 1.06 bits per heavy atom. The molecule has 184 valence electrons. The molecule has 0 aliphatic heterocycles. The van der Waals surface area contributed by atoms with Crippen LogP contribution in [0, 0.1) is 17.2 Å². The van der Waals surface area contributed by atoms with E-state index in [-0.39, 0.29) is 0 Å². The van der Waals surface area contributed by atoms with E-state index in [1.54, 1.807) is 39.3 Å². The lowest BCUT2D eigenvalue weighted by Gasteiger charge is -2.24. The van der Waals surface area contributed by atoms with Gasteiger partial charge in [0, 0.05) is 19.2 Å². The van der Waals surface area contributed by atoms with Crippen LogP contribution in [0.2, 0.25) is 0 Å². The van der Waals surface area contributed by atoms with Gasteiger partial charge in [0.25, 0.3) is 0 Å². The summed E-state index contributed by atoms with van der Waals surface area (Å²) in [6, 6.07) is 13.0. The van der Waals surface area contributed by atoms with Gasteiger partial charge in [-0.3, -0.25) is 5.32 Å². The molecule has 1 aliphatic carbocycles. The standard InChI is InChI=1S/C26H34N2O6/c1-18(29)26(28-11-10-19-6-8-24(30-2)25(14-19)31-3)34-23-9-7-22(15-21(23)16-27)33-13-12-32-17-20-4-5-20/h6-9,14-15,18,20,26,28-29H,4-5,10-13,17H2,1-3H3. The topological polar surface area (TPSA) is 102 Å². The fourth-order valence-electron chi connectivity index (χ4n) is 3.38. The van der Waals surface area contributed by atoms with E-state index >= 15 is 0 Å². The number of nitriles is 1. The number of methoxy groups -OCH3 is 2. The first-order valence-corrected chi connectivity index (χ1v) is 11.6. The van der Waals surface area contributed by atoms with Crippen LogP contribution in [-0.2, 0) is 11.2 Å². The number of nitrogens with zero attached hydrogens (tertiary/aromatic N) is 1. The molecule has 2 aromatic carbocycles. The van der Waals surface area contributed by atoms with Crippen molar-refractivity contribution in [2.45, 2.75) is 38.5 Å². The summed E-state index contributed by atoms with van der Waals surface area (Å²) in [5.74, 6) is 3.01. The van der Waals surface area contributed by atoms with Gasteiger partial charge in [-0.1, -0.05) is 6.07 Å². The molecule has 0 saturated heterocycles. The first kappa shape index (κ1) is 25.6. The summed E-state index contributed by atoms with van der Waals surface area (Å²) in [7, 11) is 3.20. The van der Waals surface area contributed by atoms with E-state index in [4.69, 9.17) is 23.7 Å². The zero-order chi connectivity index (χ0) is 24.3. The van der Waals surface area contributed by atoms with Gasteiger partial charge >= 0.3 is 0 Å². The Hall–Kier alpha value is -2.99. The van der Waals surface area contributed by atoms with Gasteiger partial charge < -0.3 is 28.8 Å². The van der Waals surface area contributed by atoms with E-state index in [2.05, 4.69) is 11.4 Å². The molecule has 2 aromatic rings. The fourth-order valence-corrected chi connectivity index (χ4v) is 3.38. The highest BCUT2D eigenvalue weighted by Gasteiger charge is 2.21. The van der Waals surface area contributed by atoms with Crippen LogP contribution in [0.3, 0.4) is 0 Å². The maximum Gasteiger partial charge on any atom is 0.176 e. The molecule has 2 N–H and O–H groups in total. The summed E-state index contributed by atoms with van der Waals surface area (Å²) < 4.78 is 27.8. The van der Waals surface area contributed by atoms with Gasteiger partial charge in [0.15, 0.2) is 17.7 Å². The normalized spacial score (nSPS) is 14.7. The molecule has 8 heteroatoms. The molecule has 8 nitrogen and oxygen atoms in total. The fraction of sp³-hybridized carbons (Fsp3) is 0.500. The van der Waals surface area contributed by atoms with Crippen molar-refractivity contribution in [1.82, 2.24) is 5.32 Å². The van der Waals surface area contributed by atoms with E-state index < -0.39 is 12.3 Å². The minimum atomic E-state index is -0.795. The van der Waals surface area contributed by atoms with Gasteiger partial charge in [0.1, 0.15) is 30.3 Å². The first-order chi connectivity index (χ1) is 16.5. The van der Waals surface area contributed by atoms with E-state index in [0.29, 0.717) is 54.7 Å². The van der Waals surface area contributed by atoms with E-state index in [1.165, 1.54) is 12.8 Å². The Balaban J connectivity index is 1.52. The number of hydrogen-bond acceptors (Lipinski definition) is 8. The molecule has 0 bridgehead atoms. The smallest absolute Gasteiger partial charge is 0.176 e. The Labute approximate surface area is 201 Å². The van der Waals surface area contributed by atoms with Crippen molar-refractivity contribution in [2.24, 2.45) is 5.92 Å². The minimum Gasteiger partial charge on any atom is -0.493 e. The first-order valence-electron chi connectivity index (χ1n) is 11.6. The molecule has 1 fully saturated rings. The number of aliphatic hydroxyl groups excluding tert-OH is 1. The summed E-state index contributed by atoms with van der Waals surface area (Å²) in [6.45, 7) is 3.92. The molecule has 1 aliphatic rings. The average molecular weight is 471 g/mol. The molecule has 3 rings (SSSR count). The number of benzene rings is 2. The number of hydrogen-bond donors (Lipinski definition) is 2. The van der Waals surface area contributed by atoms with Crippen molar-refractivity contribution in [2.75, 3.05) is 40.6 Å². The van der Waals surface area contributed by atoms with E-state index in [1.807, 2.05) is 18.2 Å². The molecule has 0 heterocycles. The molecule has 2 atom stereocenters. The Morgan fingerprint density at radius 2 is 1.82 bits per heavy atom. The lowest BCUT2D eigenvalue weighted by molar-refractivity contribution is 0.0272. The molecule has 0 radical (unpaired) electrons. The average Bonchev–Trinajstić information content (AvgIpc) is 3.68. The summed E-state index contributed by atoms with van der Waals surface area (Å²) in [5.41, 5.74) is 1.39. The molecule has 34 heavy (non-hydrogen) atoms. The van der Waals surface area contributed by atoms with Crippen molar-refractivity contribution < 1.29 is 28.8 Å². The molecule has 0 amide bonds. The second kappa shape index (κ2) is 13.0. The highest BCUT2D eigenvalue weighted by Crippen LogP contribution is 2.29. The van der Waals surface area contributed by atoms with Crippen LogP contribution >= 0.6 is 0 Å². The van der Waals surface area contributed by atoms with Crippen LogP contribution in [0.25, 0.3) is 0 Å². The van der Waals surface area contributed by atoms with Crippen molar-refractivity contribution >= 4 is 0 Å². The Morgan fingerprint density at radius 3 is 2.50 bits per heavy atom. The molecule has 0 aromatic heterocycles. The zero-order valence-corrected chi connectivity index (χ0v) is 20.1. The van der Waals surface area contributed by atoms with Crippen LogP contribution in [0.5, 0.6) is 23.0 Å². The number of aliphatic hydroxyl groups is 1. The van der Waals surface area contributed by atoms with Gasteiger partial charge in [-0.25, -0.2) is 0 Å². The zero-order valence-electron chi connectivity index (χ0n) is 20.1. The Kier molecular flexibility index (Phi) is 9.83. The summed E-state index contributed by atoms with van der Waals surface area (Å²) in [4.78, 5) is 0.